The quantitative estimate of drug-likeness (QED) is 0.888. The lowest BCUT2D eigenvalue weighted by Gasteiger charge is -2.33. The van der Waals surface area contributed by atoms with Gasteiger partial charge < -0.3 is 16.0 Å². The Morgan fingerprint density at radius 1 is 1.22 bits per heavy atom. The fourth-order valence-corrected chi connectivity index (χ4v) is 4.64. The highest BCUT2D eigenvalue weighted by Gasteiger charge is 2.31. The fraction of sp³-hybridized carbons (Fsp3) is 0.647. The van der Waals surface area contributed by atoms with Crippen molar-refractivity contribution in [2.45, 2.75) is 44.6 Å². The molecule has 3 N–H and O–H groups in total. The zero-order chi connectivity index (χ0) is 16.2. The minimum atomic E-state index is -0.243. The molecule has 0 aromatic carbocycles. The Labute approximate surface area is 141 Å². The van der Waals surface area contributed by atoms with Gasteiger partial charge in [-0.25, -0.2) is 4.79 Å². The van der Waals surface area contributed by atoms with Gasteiger partial charge in [0, 0.05) is 23.9 Å². The van der Waals surface area contributed by atoms with Gasteiger partial charge in [-0.3, -0.25) is 4.79 Å². The summed E-state index contributed by atoms with van der Waals surface area (Å²) in [5.41, 5.74) is 5.36. The summed E-state index contributed by atoms with van der Waals surface area (Å²) in [5.74, 6) is 0.218. The summed E-state index contributed by atoms with van der Waals surface area (Å²) in [6.07, 6.45) is 6.24. The first-order valence-electron chi connectivity index (χ1n) is 8.53. The molecule has 0 radical (unpaired) electrons. The standard InChI is InChI=1S/C17H25N3O2S/c18-16(21)13-7-9-20(10-8-13)17(22)19-15(12-4-1-2-5-12)14-6-3-11-23-14/h3,6,11-13,15H,1-2,4-5,7-10H2,(H2,18,21)(H,19,22)/t15-/m0/s1. The van der Waals surface area contributed by atoms with Gasteiger partial charge >= 0.3 is 6.03 Å². The molecular weight excluding hydrogens is 310 g/mol. The Hall–Kier alpha value is -1.56. The van der Waals surface area contributed by atoms with Gasteiger partial charge in [0.1, 0.15) is 0 Å². The van der Waals surface area contributed by atoms with E-state index in [-0.39, 0.29) is 23.9 Å². The molecule has 0 unspecified atom stereocenters. The van der Waals surface area contributed by atoms with Gasteiger partial charge in [-0.1, -0.05) is 18.9 Å². The highest BCUT2D eigenvalue weighted by molar-refractivity contribution is 7.10. The molecule has 1 aromatic heterocycles. The number of amides is 3. The summed E-state index contributed by atoms with van der Waals surface area (Å²) in [5, 5.41) is 5.33. The molecule has 1 aromatic rings. The Bertz CT molecular complexity index is 532. The molecule has 1 saturated heterocycles. The summed E-state index contributed by atoms with van der Waals surface area (Å²) < 4.78 is 0. The first-order chi connectivity index (χ1) is 11.1. The number of nitrogens with zero attached hydrogens (tertiary/aromatic N) is 1. The van der Waals surface area contributed by atoms with E-state index in [1.165, 1.54) is 30.6 Å². The molecule has 1 aliphatic carbocycles. The summed E-state index contributed by atoms with van der Waals surface area (Å²) in [6.45, 7) is 1.22. The second kappa shape index (κ2) is 7.34. The molecule has 0 spiro atoms. The van der Waals surface area contributed by atoms with E-state index in [0.29, 0.717) is 31.8 Å². The van der Waals surface area contributed by atoms with E-state index in [9.17, 15) is 9.59 Å². The van der Waals surface area contributed by atoms with Crippen molar-refractivity contribution in [3.8, 4) is 0 Å². The van der Waals surface area contributed by atoms with Crippen LogP contribution in [-0.2, 0) is 4.79 Å². The normalized spacial score (nSPS) is 21.3. The predicted molar refractivity (Wildman–Crippen MR) is 91.0 cm³/mol. The SMILES string of the molecule is NC(=O)C1CCN(C(=O)N[C@H](c2cccs2)C2CCCC2)CC1. The van der Waals surface area contributed by atoms with E-state index in [1.807, 2.05) is 11.0 Å². The third-order valence-electron chi connectivity index (χ3n) is 5.18. The molecule has 2 heterocycles. The molecule has 2 fully saturated rings. The van der Waals surface area contributed by atoms with Gasteiger partial charge in [0.2, 0.25) is 5.91 Å². The van der Waals surface area contributed by atoms with Gasteiger partial charge in [0.25, 0.3) is 0 Å². The molecule has 1 aliphatic heterocycles. The van der Waals surface area contributed by atoms with Crippen LogP contribution in [0.1, 0.15) is 49.4 Å². The summed E-state index contributed by atoms with van der Waals surface area (Å²) >= 11 is 1.72. The number of nitrogens with one attached hydrogen (secondary N) is 1. The van der Waals surface area contributed by atoms with Crippen molar-refractivity contribution >= 4 is 23.3 Å². The largest absolute Gasteiger partial charge is 0.369 e. The van der Waals surface area contributed by atoms with Crippen LogP contribution in [0.2, 0.25) is 0 Å². The number of primary amides is 1. The molecule has 1 atom stereocenters. The number of carbonyl (C=O) groups is 2. The zero-order valence-electron chi connectivity index (χ0n) is 13.4. The van der Waals surface area contributed by atoms with Crippen molar-refractivity contribution in [2.75, 3.05) is 13.1 Å². The van der Waals surface area contributed by atoms with Crippen LogP contribution in [0.4, 0.5) is 4.79 Å². The maximum absolute atomic E-state index is 12.6. The van der Waals surface area contributed by atoms with Gasteiger partial charge in [-0.05, 0) is 43.0 Å². The van der Waals surface area contributed by atoms with Crippen LogP contribution in [-0.4, -0.2) is 29.9 Å². The Balaban J connectivity index is 1.61. The van der Waals surface area contributed by atoms with Crippen molar-refractivity contribution in [3.05, 3.63) is 22.4 Å². The molecule has 23 heavy (non-hydrogen) atoms. The number of nitrogens with two attached hydrogens (primary N) is 1. The van der Waals surface area contributed by atoms with Crippen molar-refractivity contribution < 1.29 is 9.59 Å². The van der Waals surface area contributed by atoms with E-state index < -0.39 is 0 Å². The summed E-state index contributed by atoms with van der Waals surface area (Å²) in [6, 6.07) is 4.29. The third-order valence-corrected chi connectivity index (χ3v) is 6.14. The molecule has 6 heteroatoms. The molecule has 3 amide bonds. The lowest BCUT2D eigenvalue weighted by molar-refractivity contribution is -0.123. The number of rotatable bonds is 4. The molecule has 1 saturated carbocycles. The smallest absolute Gasteiger partial charge is 0.317 e. The fourth-order valence-electron chi connectivity index (χ4n) is 3.77. The average Bonchev–Trinajstić information content (AvgIpc) is 3.26. The van der Waals surface area contributed by atoms with Crippen molar-refractivity contribution in [3.63, 3.8) is 0 Å². The monoisotopic (exact) mass is 335 g/mol. The highest BCUT2D eigenvalue weighted by Crippen LogP contribution is 2.37. The topological polar surface area (TPSA) is 75.4 Å². The zero-order valence-corrected chi connectivity index (χ0v) is 14.2. The van der Waals surface area contributed by atoms with E-state index in [0.717, 1.165) is 0 Å². The Kier molecular flexibility index (Phi) is 5.20. The number of hydrogen-bond acceptors (Lipinski definition) is 3. The van der Waals surface area contributed by atoms with E-state index in [2.05, 4.69) is 16.8 Å². The van der Waals surface area contributed by atoms with E-state index >= 15 is 0 Å². The number of urea groups is 1. The summed E-state index contributed by atoms with van der Waals surface area (Å²) in [4.78, 5) is 27.0. The van der Waals surface area contributed by atoms with Crippen LogP contribution < -0.4 is 11.1 Å². The highest BCUT2D eigenvalue weighted by atomic mass is 32.1. The molecule has 0 bridgehead atoms. The average molecular weight is 335 g/mol. The maximum Gasteiger partial charge on any atom is 0.317 e. The summed E-state index contributed by atoms with van der Waals surface area (Å²) in [7, 11) is 0. The van der Waals surface area contributed by atoms with Gasteiger partial charge in [-0.2, -0.15) is 0 Å². The van der Waals surface area contributed by atoms with Crippen LogP contribution in [0.25, 0.3) is 0 Å². The second-order valence-electron chi connectivity index (χ2n) is 6.65. The van der Waals surface area contributed by atoms with Crippen molar-refractivity contribution in [1.82, 2.24) is 10.2 Å². The number of carbonyl (C=O) groups excluding carboxylic acids is 2. The van der Waals surface area contributed by atoms with Crippen LogP contribution in [0.5, 0.6) is 0 Å². The first kappa shape index (κ1) is 16.3. The molecule has 126 valence electrons. The maximum atomic E-state index is 12.6. The van der Waals surface area contributed by atoms with Gasteiger partial charge in [0.15, 0.2) is 0 Å². The minimum Gasteiger partial charge on any atom is -0.369 e. The minimum absolute atomic E-state index is 0.00165. The lowest BCUT2D eigenvalue weighted by Crippen LogP contribution is -2.47. The van der Waals surface area contributed by atoms with Crippen molar-refractivity contribution in [2.24, 2.45) is 17.6 Å². The van der Waals surface area contributed by atoms with E-state index in [4.69, 9.17) is 5.73 Å². The van der Waals surface area contributed by atoms with Gasteiger partial charge in [-0.15, -0.1) is 11.3 Å². The predicted octanol–water partition coefficient (Wildman–Crippen LogP) is 2.89. The number of thiophene rings is 1. The number of hydrogen-bond donors (Lipinski definition) is 2. The molecule has 2 aliphatic rings. The number of piperidine rings is 1. The Morgan fingerprint density at radius 3 is 2.48 bits per heavy atom. The van der Waals surface area contributed by atoms with Crippen LogP contribution in [0.15, 0.2) is 17.5 Å². The molecular formula is C17H25N3O2S. The second-order valence-corrected chi connectivity index (χ2v) is 7.63. The molecule has 5 nitrogen and oxygen atoms in total. The van der Waals surface area contributed by atoms with Crippen molar-refractivity contribution in [1.29, 1.82) is 0 Å². The lowest BCUT2D eigenvalue weighted by atomic mass is 9.95. The van der Waals surface area contributed by atoms with Crippen LogP contribution in [0.3, 0.4) is 0 Å². The first-order valence-corrected chi connectivity index (χ1v) is 9.41. The van der Waals surface area contributed by atoms with Gasteiger partial charge in [0.05, 0.1) is 6.04 Å². The van der Waals surface area contributed by atoms with Crippen LogP contribution >= 0.6 is 11.3 Å². The number of likely N-dealkylation sites (tertiary alicyclic amines) is 1. The third kappa shape index (κ3) is 3.86. The molecule has 3 rings (SSSR count). The van der Waals surface area contributed by atoms with E-state index in [1.54, 1.807) is 11.3 Å². The van der Waals surface area contributed by atoms with Crippen LogP contribution in [0, 0.1) is 11.8 Å². The Morgan fingerprint density at radius 2 is 1.91 bits per heavy atom.